The van der Waals surface area contributed by atoms with Crippen LogP contribution in [0.4, 0.5) is 52.7 Å². The molecule has 0 bridgehead atoms. The first-order valence-corrected chi connectivity index (χ1v) is 52.9. The Morgan fingerprint density at radius 2 is 0.456 bits per heavy atom. The van der Waals surface area contributed by atoms with Crippen LogP contribution in [0.5, 0.6) is 0 Å². The van der Waals surface area contributed by atoms with E-state index in [1.165, 1.54) is 44.5 Å². The molecule has 18 heteroatoms. The van der Waals surface area contributed by atoms with Crippen LogP contribution in [-0.4, -0.2) is 11.0 Å². The minimum Gasteiger partial charge on any atom is -1.00 e. The number of alkyl halides is 12. The number of fused-ring (bicyclic) bond motifs is 4. The Balaban J connectivity index is 0.000000209. The van der Waals surface area contributed by atoms with E-state index in [-0.39, 0.29) is 24.8 Å². The average Bonchev–Trinajstić information content (AvgIpc) is 1.61. The summed E-state index contributed by atoms with van der Waals surface area (Å²) < 4.78 is 160. The quantitative estimate of drug-likeness (QED) is 0.105. The van der Waals surface area contributed by atoms with Gasteiger partial charge in [0.25, 0.3) is 0 Å². The van der Waals surface area contributed by atoms with E-state index in [4.69, 9.17) is 0 Å². The standard InChI is InChI=1S/4C17H12F3.2C2H6Si.2ClH.2Hf/c4*1-11-9-13-3-2-4-15(16(13)10-11)12-5-7-14(8-6-12)17(18,19)20;2*1-3-2;;;;/h4*2-10H,1H3;2*1-2H3;2*1H;;/p-2. The van der Waals surface area contributed by atoms with Gasteiger partial charge in [-0.1, -0.05) is 0 Å². The zero-order valence-electron chi connectivity index (χ0n) is 50.1. The summed E-state index contributed by atoms with van der Waals surface area (Å²) >= 11 is -5.28. The van der Waals surface area contributed by atoms with Crippen LogP contribution in [0, 0.1) is 0 Å². The summed E-state index contributed by atoms with van der Waals surface area (Å²) in [7, 11) is 0. The van der Waals surface area contributed by atoms with Crippen LogP contribution >= 0.6 is 0 Å². The van der Waals surface area contributed by atoms with Gasteiger partial charge in [-0.2, -0.15) is 0 Å². The third-order valence-electron chi connectivity index (χ3n) is 17.6. The van der Waals surface area contributed by atoms with E-state index in [0.29, 0.717) is 14.7 Å². The van der Waals surface area contributed by atoms with E-state index < -0.39 is 98.1 Å². The van der Waals surface area contributed by atoms with Crippen LogP contribution in [0.3, 0.4) is 0 Å². The SMILES string of the molecule is CC1=Cc2c(-c3ccc(C(F)(F)F)cc3)cccc2[CH]1[Hf]([CH]1C(C)=Cc2c(-c3ccc(C(F)(F)F)cc3)cccc21)=[Si](C)C.CC1=Cc2c(-c3ccc(C(F)(F)F)cc3)cccc2[CH]1[Hf]([CH]1C(C)=Cc2c(-c3ccc(C(F)(F)F)cc3)cccc21)=[Si](C)C.[Cl-].[Cl-]. The molecule has 0 aliphatic heterocycles. The summed E-state index contributed by atoms with van der Waals surface area (Å²) in [4.78, 5) is 0. The Morgan fingerprint density at radius 1 is 0.278 bits per heavy atom. The van der Waals surface area contributed by atoms with Crippen LogP contribution in [0.1, 0.15) is 109 Å². The van der Waals surface area contributed by atoms with Crippen molar-refractivity contribution in [3.05, 3.63) is 259 Å². The predicted octanol–water partition coefficient (Wildman–Crippen LogP) is 17.1. The Labute approximate surface area is 544 Å². The molecule has 4 unspecified atom stereocenters. The van der Waals surface area contributed by atoms with Crippen LogP contribution < -0.4 is 24.8 Å². The third-order valence-corrected chi connectivity index (χ3v) is 74.2. The topological polar surface area (TPSA) is 0 Å². The number of halogens is 14. The van der Waals surface area contributed by atoms with Gasteiger partial charge in [0, 0.05) is 0 Å². The molecule has 0 nitrogen and oxygen atoms in total. The number of allylic oxidation sites excluding steroid dienone is 4. The summed E-state index contributed by atoms with van der Waals surface area (Å²) in [5.41, 5.74) is 17.8. The minimum atomic E-state index is -4.38. The molecule has 0 aromatic heterocycles. The first-order valence-electron chi connectivity index (χ1n) is 28.8. The molecule has 90 heavy (non-hydrogen) atoms. The van der Waals surface area contributed by atoms with E-state index in [2.05, 4.69) is 102 Å². The van der Waals surface area contributed by atoms with Crippen molar-refractivity contribution in [2.75, 3.05) is 0 Å². The summed E-state index contributed by atoms with van der Waals surface area (Å²) in [5, 5.41) is 0. The van der Waals surface area contributed by atoms with Gasteiger partial charge in [0.05, 0.1) is 0 Å². The zero-order chi connectivity index (χ0) is 63.1. The Hall–Kier alpha value is -5.37. The molecule has 12 rings (SSSR count). The molecular weight excluding hydrogens is 1580 g/mol. The van der Waals surface area contributed by atoms with Crippen molar-refractivity contribution in [2.45, 2.75) is 93.3 Å². The molecule has 0 heterocycles. The van der Waals surface area contributed by atoms with Crippen molar-refractivity contribution in [3.63, 3.8) is 0 Å². The van der Waals surface area contributed by atoms with Crippen LogP contribution in [-0.2, 0) is 64.8 Å². The fourth-order valence-electron chi connectivity index (χ4n) is 13.7. The summed E-state index contributed by atoms with van der Waals surface area (Å²) in [6.45, 7) is 18.5. The van der Waals surface area contributed by atoms with Crippen molar-refractivity contribution in [1.29, 1.82) is 0 Å². The molecule has 0 N–H and O–H groups in total. The molecule has 0 saturated carbocycles. The molecule has 0 fully saturated rings. The molecule has 0 amide bonds. The van der Waals surface area contributed by atoms with Crippen molar-refractivity contribution in [2.24, 2.45) is 0 Å². The molecule has 4 atom stereocenters. The van der Waals surface area contributed by atoms with E-state index >= 15 is 0 Å². The van der Waals surface area contributed by atoms with Crippen molar-refractivity contribution in [1.82, 2.24) is 0 Å². The minimum absolute atomic E-state index is 0. The third kappa shape index (κ3) is 13.4. The second kappa shape index (κ2) is 26.6. The average molecular weight is 1640 g/mol. The maximum Gasteiger partial charge on any atom is -1.00 e. The van der Waals surface area contributed by atoms with Crippen molar-refractivity contribution >= 4 is 35.3 Å². The van der Waals surface area contributed by atoms with Gasteiger partial charge in [-0.15, -0.1) is 0 Å². The van der Waals surface area contributed by atoms with Crippen LogP contribution in [0.15, 0.2) is 192 Å². The van der Waals surface area contributed by atoms with Crippen LogP contribution in [0.25, 0.3) is 68.8 Å². The van der Waals surface area contributed by atoms with E-state index in [1.807, 2.05) is 48.5 Å². The number of hydrogen-bond donors (Lipinski definition) is 0. The fraction of sp³-hybridized carbons (Fsp3) is 0.222. The maximum atomic E-state index is 13.2. The fourth-order valence-corrected chi connectivity index (χ4v) is 72.5. The zero-order valence-corrected chi connectivity index (χ0v) is 60.8. The molecule has 0 saturated heterocycles. The summed E-state index contributed by atoms with van der Waals surface area (Å²) in [6.07, 6.45) is -8.53. The Morgan fingerprint density at radius 3 is 0.611 bits per heavy atom. The van der Waals surface area contributed by atoms with E-state index in [1.54, 1.807) is 48.5 Å². The second-order valence-electron chi connectivity index (χ2n) is 23.7. The summed E-state index contributed by atoms with van der Waals surface area (Å²) in [5.74, 6) is 0. The van der Waals surface area contributed by atoms with Crippen molar-refractivity contribution < 1.29 is 118 Å². The molecule has 4 aliphatic carbocycles. The monoisotopic (exact) mass is 1640 g/mol. The molecular formula is C72H60Cl2F12Hf2Si2-2. The normalized spacial score (nSPS) is 17.2. The van der Waals surface area contributed by atoms with Gasteiger partial charge in [-0.3, -0.25) is 0 Å². The molecule has 0 radical (unpaired) electrons. The molecule has 0 spiro atoms. The van der Waals surface area contributed by atoms with Gasteiger partial charge in [-0.05, 0) is 0 Å². The Bertz CT molecular complexity index is 3740. The molecule has 4 aliphatic rings. The molecule has 8 aromatic carbocycles. The van der Waals surface area contributed by atoms with Gasteiger partial charge < -0.3 is 24.8 Å². The Kier molecular flexibility index (Phi) is 20.4. The summed E-state index contributed by atoms with van der Waals surface area (Å²) in [6, 6.07) is 46.6. The molecule has 464 valence electrons. The number of benzene rings is 8. The van der Waals surface area contributed by atoms with Gasteiger partial charge in [0.15, 0.2) is 0 Å². The smallest absolute Gasteiger partial charge is 1.00 e. The predicted molar refractivity (Wildman–Crippen MR) is 328 cm³/mol. The number of rotatable bonds is 8. The van der Waals surface area contributed by atoms with Crippen LogP contribution in [0.2, 0.25) is 26.2 Å². The first kappa shape index (κ1) is 69.0. The first-order chi connectivity index (χ1) is 41.5. The largest absolute Gasteiger partial charge is 1.00 e. The van der Waals surface area contributed by atoms with Crippen molar-refractivity contribution in [3.8, 4) is 44.5 Å². The second-order valence-corrected chi connectivity index (χ2v) is 73.6. The number of hydrogen-bond acceptors (Lipinski definition) is 0. The molecule has 8 aromatic rings. The van der Waals surface area contributed by atoms with Gasteiger partial charge in [0.1, 0.15) is 0 Å². The van der Waals surface area contributed by atoms with Gasteiger partial charge in [0.2, 0.25) is 0 Å². The van der Waals surface area contributed by atoms with E-state index in [9.17, 15) is 52.7 Å². The van der Waals surface area contributed by atoms with Gasteiger partial charge in [-0.25, -0.2) is 0 Å². The maximum absolute atomic E-state index is 13.2. The van der Waals surface area contributed by atoms with Gasteiger partial charge >= 0.3 is 525 Å². The van der Waals surface area contributed by atoms with E-state index in [0.717, 1.165) is 115 Å².